The van der Waals surface area contributed by atoms with E-state index in [0.29, 0.717) is 25.9 Å². The van der Waals surface area contributed by atoms with Crippen LogP contribution in [0.2, 0.25) is 0 Å². The van der Waals surface area contributed by atoms with Crippen LogP contribution in [0.5, 0.6) is 0 Å². The lowest BCUT2D eigenvalue weighted by Crippen LogP contribution is -2.43. The van der Waals surface area contributed by atoms with Crippen molar-refractivity contribution >= 4 is 34.6 Å². The van der Waals surface area contributed by atoms with Crippen LogP contribution in [0.15, 0.2) is 60.0 Å². The van der Waals surface area contributed by atoms with E-state index in [4.69, 9.17) is 0 Å². The minimum absolute atomic E-state index is 0.00960. The highest BCUT2D eigenvalue weighted by Gasteiger charge is 2.27. The number of piperidine rings is 1. The molecule has 3 aromatic rings. The van der Waals surface area contributed by atoms with Gasteiger partial charge >= 0.3 is 6.03 Å². The van der Waals surface area contributed by atoms with Crippen LogP contribution in [-0.4, -0.2) is 34.9 Å². The summed E-state index contributed by atoms with van der Waals surface area (Å²) in [5.74, 6) is -0.0815. The van der Waals surface area contributed by atoms with Crippen molar-refractivity contribution in [3.05, 3.63) is 65.0 Å². The van der Waals surface area contributed by atoms with Gasteiger partial charge in [0.1, 0.15) is 0 Å². The Kier molecular flexibility index (Phi) is 6.09. The Morgan fingerprint density at radius 2 is 1.63 bits per heavy atom. The standard InChI is InChI=1S/C23H24N4O2S/c1-16-24-21(15-30-16)17-7-9-20(10-8-17)25-22(28)18-11-13-27(14-12-18)23(29)26-19-5-3-2-4-6-19/h2-10,15,18H,11-14H2,1H3,(H,25,28)(H,26,29). The summed E-state index contributed by atoms with van der Waals surface area (Å²) in [6.45, 7) is 3.12. The number of hydrogen-bond donors (Lipinski definition) is 2. The molecule has 1 aliphatic rings. The summed E-state index contributed by atoms with van der Waals surface area (Å²) >= 11 is 1.62. The lowest BCUT2D eigenvalue weighted by molar-refractivity contribution is -0.121. The second kappa shape index (κ2) is 9.09. The number of nitrogens with one attached hydrogen (secondary N) is 2. The van der Waals surface area contributed by atoms with Gasteiger partial charge in [-0.3, -0.25) is 4.79 Å². The minimum atomic E-state index is -0.118. The summed E-state index contributed by atoms with van der Waals surface area (Å²) < 4.78 is 0. The van der Waals surface area contributed by atoms with Crippen molar-refractivity contribution in [3.8, 4) is 11.3 Å². The topological polar surface area (TPSA) is 74.3 Å². The van der Waals surface area contributed by atoms with Gasteiger partial charge in [-0.25, -0.2) is 9.78 Å². The highest BCUT2D eigenvalue weighted by atomic mass is 32.1. The Hall–Kier alpha value is -3.19. The van der Waals surface area contributed by atoms with Gasteiger partial charge in [-0.15, -0.1) is 11.3 Å². The number of likely N-dealkylation sites (tertiary alicyclic amines) is 1. The largest absolute Gasteiger partial charge is 0.326 e. The van der Waals surface area contributed by atoms with Gasteiger partial charge < -0.3 is 15.5 Å². The molecule has 3 amide bonds. The maximum Gasteiger partial charge on any atom is 0.321 e. The van der Waals surface area contributed by atoms with Gasteiger partial charge in [0.2, 0.25) is 5.91 Å². The van der Waals surface area contributed by atoms with Crippen LogP contribution in [0.25, 0.3) is 11.3 Å². The molecule has 7 heteroatoms. The maximum atomic E-state index is 12.7. The number of para-hydroxylation sites is 1. The first-order valence-corrected chi connectivity index (χ1v) is 10.9. The molecule has 0 saturated carbocycles. The number of hydrogen-bond acceptors (Lipinski definition) is 4. The van der Waals surface area contributed by atoms with Crippen LogP contribution in [-0.2, 0) is 4.79 Å². The molecule has 0 unspecified atom stereocenters. The number of nitrogens with zero attached hydrogens (tertiary/aromatic N) is 2. The number of urea groups is 1. The fraction of sp³-hybridized carbons (Fsp3) is 0.261. The van der Waals surface area contributed by atoms with E-state index in [9.17, 15) is 9.59 Å². The number of rotatable bonds is 4. The van der Waals surface area contributed by atoms with Gasteiger partial charge in [0, 0.05) is 41.3 Å². The molecule has 6 nitrogen and oxygen atoms in total. The fourth-order valence-electron chi connectivity index (χ4n) is 3.53. The van der Waals surface area contributed by atoms with Crippen molar-refractivity contribution in [1.82, 2.24) is 9.88 Å². The van der Waals surface area contributed by atoms with Crippen molar-refractivity contribution in [2.24, 2.45) is 5.92 Å². The van der Waals surface area contributed by atoms with Gasteiger partial charge in [-0.05, 0) is 44.0 Å². The van der Waals surface area contributed by atoms with Crippen molar-refractivity contribution < 1.29 is 9.59 Å². The number of anilines is 2. The van der Waals surface area contributed by atoms with E-state index < -0.39 is 0 Å². The lowest BCUT2D eigenvalue weighted by atomic mass is 9.96. The quantitative estimate of drug-likeness (QED) is 0.624. The second-order valence-electron chi connectivity index (χ2n) is 7.38. The summed E-state index contributed by atoms with van der Waals surface area (Å²) in [6, 6.07) is 17.0. The van der Waals surface area contributed by atoms with Crippen molar-refractivity contribution in [3.63, 3.8) is 0 Å². The number of aromatic nitrogens is 1. The van der Waals surface area contributed by atoms with Crippen LogP contribution in [0.4, 0.5) is 16.2 Å². The average molecular weight is 421 g/mol. The molecule has 1 fully saturated rings. The van der Waals surface area contributed by atoms with Gasteiger partial charge in [0.05, 0.1) is 10.7 Å². The second-order valence-corrected chi connectivity index (χ2v) is 8.44. The average Bonchev–Trinajstić information content (AvgIpc) is 3.21. The highest BCUT2D eigenvalue weighted by molar-refractivity contribution is 7.09. The Labute approximate surface area is 180 Å². The lowest BCUT2D eigenvalue weighted by Gasteiger charge is -2.31. The van der Waals surface area contributed by atoms with Crippen molar-refractivity contribution in [1.29, 1.82) is 0 Å². The molecular weight excluding hydrogens is 396 g/mol. The van der Waals surface area contributed by atoms with Crippen molar-refractivity contribution in [2.45, 2.75) is 19.8 Å². The monoisotopic (exact) mass is 420 g/mol. The summed E-state index contributed by atoms with van der Waals surface area (Å²) in [5.41, 5.74) is 3.55. The fourth-order valence-corrected chi connectivity index (χ4v) is 4.16. The first kappa shape index (κ1) is 20.1. The molecule has 0 aliphatic carbocycles. The molecule has 0 radical (unpaired) electrons. The Morgan fingerprint density at radius 3 is 2.27 bits per heavy atom. The van der Waals surface area contributed by atoms with Crippen LogP contribution in [0.3, 0.4) is 0 Å². The minimum Gasteiger partial charge on any atom is -0.326 e. The van der Waals surface area contributed by atoms with Gasteiger partial charge in [-0.2, -0.15) is 0 Å². The summed E-state index contributed by atoms with van der Waals surface area (Å²) in [6.07, 6.45) is 1.31. The number of amides is 3. The number of thiazole rings is 1. The first-order chi connectivity index (χ1) is 14.6. The summed E-state index contributed by atoms with van der Waals surface area (Å²) in [5, 5.41) is 8.97. The molecule has 4 rings (SSSR count). The first-order valence-electron chi connectivity index (χ1n) is 10.0. The maximum absolute atomic E-state index is 12.7. The van der Waals surface area contributed by atoms with E-state index >= 15 is 0 Å². The summed E-state index contributed by atoms with van der Waals surface area (Å²) in [7, 11) is 0. The smallest absolute Gasteiger partial charge is 0.321 e. The molecule has 154 valence electrons. The van der Waals surface area contributed by atoms with Gasteiger partial charge in [0.15, 0.2) is 0 Å². The molecule has 2 N–H and O–H groups in total. The predicted octanol–water partition coefficient (Wildman–Crippen LogP) is 5.00. The van der Waals surface area contributed by atoms with E-state index in [-0.39, 0.29) is 17.9 Å². The Bertz CT molecular complexity index is 1010. The zero-order valence-corrected chi connectivity index (χ0v) is 17.6. The highest BCUT2D eigenvalue weighted by Crippen LogP contribution is 2.24. The van der Waals surface area contributed by atoms with Crippen LogP contribution < -0.4 is 10.6 Å². The molecule has 1 aromatic heterocycles. The molecule has 0 spiro atoms. The third kappa shape index (κ3) is 4.86. The predicted molar refractivity (Wildman–Crippen MR) is 121 cm³/mol. The third-order valence-corrected chi connectivity index (χ3v) is 6.02. The molecule has 1 aliphatic heterocycles. The molecule has 2 aromatic carbocycles. The number of carbonyl (C=O) groups excluding carboxylic acids is 2. The zero-order chi connectivity index (χ0) is 20.9. The molecule has 1 saturated heterocycles. The Morgan fingerprint density at radius 1 is 0.967 bits per heavy atom. The molecule has 2 heterocycles. The molecule has 0 bridgehead atoms. The van der Waals surface area contributed by atoms with Gasteiger partial charge in [0.25, 0.3) is 0 Å². The van der Waals surface area contributed by atoms with E-state index in [2.05, 4.69) is 15.6 Å². The van der Waals surface area contributed by atoms with E-state index in [1.54, 1.807) is 16.2 Å². The number of aryl methyl sites for hydroxylation is 1. The number of benzene rings is 2. The van der Waals surface area contributed by atoms with Crippen LogP contribution >= 0.6 is 11.3 Å². The van der Waals surface area contributed by atoms with Crippen molar-refractivity contribution in [2.75, 3.05) is 23.7 Å². The Balaban J connectivity index is 1.27. The van der Waals surface area contributed by atoms with E-state index in [1.165, 1.54) is 0 Å². The zero-order valence-electron chi connectivity index (χ0n) is 16.8. The molecule has 30 heavy (non-hydrogen) atoms. The van der Waals surface area contributed by atoms with Crippen LogP contribution in [0.1, 0.15) is 17.8 Å². The van der Waals surface area contributed by atoms with E-state index in [0.717, 1.165) is 27.6 Å². The number of carbonyl (C=O) groups is 2. The SMILES string of the molecule is Cc1nc(-c2ccc(NC(=O)C3CCN(C(=O)Nc4ccccc4)CC3)cc2)cs1. The summed E-state index contributed by atoms with van der Waals surface area (Å²) in [4.78, 5) is 31.3. The molecular formula is C23H24N4O2S. The van der Waals surface area contributed by atoms with Crippen LogP contribution in [0, 0.1) is 12.8 Å². The van der Waals surface area contributed by atoms with E-state index in [1.807, 2.05) is 66.9 Å². The normalized spacial score (nSPS) is 14.4. The third-order valence-electron chi connectivity index (χ3n) is 5.25. The van der Waals surface area contributed by atoms with Gasteiger partial charge in [-0.1, -0.05) is 30.3 Å². The molecule has 0 atom stereocenters.